The highest BCUT2D eigenvalue weighted by Crippen LogP contribution is 2.75. The van der Waals surface area contributed by atoms with Crippen LogP contribution in [0.15, 0.2) is 0 Å². The fourth-order valence-corrected chi connectivity index (χ4v) is 6.62. The summed E-state index contributed by atoms with van der Waals surface area (Å²) < 4.78 is 45.8. The van der Waals surface area contributed by atoms with Gasteiger partial charge in [0.25, 0.3) is 0 Å². The Morgan fingerprint density at radius 3 is 2.28 bits per heavy atom. The second kappa shape index (κ2) is 5.35. The van der Waals surface area contributed by atoms with Crippen molar-refractivity contribution in [2.24, 2.45) is 0 Å². The van der Waals surface area contributed by atoms with Crippen LogP contribution < -0.4 is 0 Å². The highest BCUT2D eigenvalue weighted by molar-refractivity contribution is 7.59. The first-order chi connectivity index (χ1) is 8.12. The summed E-state index contributed by atoms with van der Waals surface area (Å²) >= 11 is 0. The average molecular weight is 300 g/mol. The molecular formula is C10H22O6P2. The third kappa shape index (κ3) is 2.74. The topological polar surface area (TPSA) is 71.1 Å². The van der Waals surface area contributed by atoms with Crippen LogP contribution in [0, 0.1) is 0 Å². The SMILES string of the molecule is COP(=O)(OC)C1(C)CC(C)P(=O)(OC(C)C)O1. The molecule has 0 bridgehead atoms. The second-order valence-corrected chi connectivity index (χ2v) is 9.90. The molecule has 6 nitrogen and oxygen atoms in total. The number of hydrogen-bond acceptors (Lipinski definition) is 6. The average Bonchev–Trinajstić information content (AvgIpc) is 2.48. The summed E-state index contributed by atoms with van der Waals surface area (Å²) in [6.45, 7) is 6.89. The van der Waals surface area contributed by atoms with Gasteiger partial charge in [0.05, 0.1) is 11.8 Å². The van der Waals surface area contributed by atoms with E-state index in [0.717, 1.165) is 0 Å². The van der Waals surface area contributed by atoms with Gasteiger partial charge >= 0.3 is 15.2 Å². The maximum atomic E-state index is 12.6. The Morgan fingerprint density at radius 1 is 1.39 bits per heavy atom. The summed E-state index contributed by atoms with van der Waals surface area (Å²) in [5.41, 5.74) is -0.344. The Hall–Kier alpha value is 0.300. The zero-order chi connectivity index (χ0) is 14.2. The molecule has 1 aliphatic heterocycles. The molecular weight excluding hydrogens is 278 g/mol. The van der Waals surface area contributed by atoms with Crippen molar-refractivity contribution in [1.29, 1.82) is 0 Å². The van der Waals surface area contributed by atoms with E-state index in [0.29, 0.717) is 6.42 Å². The Kier molecular flexibility index (Phi) is 4.86. The zero-order valence-corrected chi connectivity index (χ0v) is 13.5. The molecule has 1 aliphatic rings. The molecule has 0 radical (unpaired) electrons. The number of hydrogen-bond donors (Lipinski definition) is 0. The van der Waals surface area contributed by atoms with E-state index in [9.17, 15) is 9.13 Å². The Balaban J connectivity index is 3.05. The Morgan fingerprint density at radius 2 is 1.89 bits per heavy atom. The van der Waals surface area contributed by atoms with Crippen LogP contribution in [0.3, 0.4) is 0 Å². The van der Waals surface area contributed by atoms with Crippen LogP contribution in [0.5, 0.6) is 0 Å². The first-order valence-electron chi connectivity index (χ1n) is 5.83. The van der Waals surface area contributed by atoms with Gasteiger partial charge in [0, 0.05) is 20.6 Å². The van der Waals surface area contributed by atoms with Gasteiger partial charge in [-0.05, 0) is 20.8 Å². The van der Waals surface area contributed by atoms with Crippen molar-refractivity contribution in [2.45, 2.75) is 51.2 Å². The monoisotopic (exact) mass is 300 g/mol. The minimum Gasteiger partial charge on any atom is -0.310 e. The van der Waals surface area contributed by atoms with Crippen LogP contribution >= 0.6 is 15.2 Å². The first-order valence-corrected chi connectivity index (χ1v) is 8.98. The van der Waals surface area contributed by atoms with Crippen molar-refractivity contribution in [3.63, 3.8) is 0 Å². The third-order valence-electron chi connectivity index (χ3n) is 2.96. The van der Waals surface area contributed by atoms with Crippen molar-refractivity contribution in [1.82, 2.24) is 0 Å². The molecule has 1 rings (SSSR count). The molecule has 0 saturated carbocycles. The maximum Gasteiger partial charge on any atom is 0.361 e. The highest BCUT2D eigenvalue weighted by Gasteiger charge is 2.60. The van der Waals surface area contributed by atoms with E-state index in [-0.39, 0.29) is 11.8 Å². The molecule has 0 aromatic rings. The third-order valence-corrected chi connectivity index (χ3v) is 8.13. The lowest BCUT2D eigenvalue weighted by Crippen LogP contribution is -2.25. The lowest BCUT2D eigenvalue weighted by molar-refractivity contribution is 0.104. The summed E-state index contributed by atoms with van der Waals surface area (Å²) in [5, 5.41) is -1.24. The molecule has 18 heavy (non-hydrogen) atoms. The standard InChI is InChI=1S/C10H22O6P2/c1-8(2)15-17(11)9(3)7-10(4,16-17)18(12,13-5)14-6/h8-9H,7H2,1-6H3. The van der Waals surface area contributed by atoms with Crippen LogP contribution in [0.4, 0.5) is 0 Å². The van der Waals surface area contributed by atoms with Crippen LogP contribution in [0.1, 0.15) is 34.1 Å². The minimum absolute atomic E-state index is 0.231. The fourth-order valence-electron chi connectivity index (χ4n) is 2.10. The minimum atomic E-state index is -3.48. The molecule has 108 valence electrons. The lowest BCUT2D eigenvalue weighted by Gasteiger charge is -2.30. The van der Waals surface area contributed by atoms with Crippen molar-refractivity contribution in [3.8, 4) is 0 Å². The Labute approximate surface area is 108 Å². The van der Waals surface area contributed by atoms with E-state index in [2.05, 4.69) is 0 Å². The van der Waals surface area contributed by atoms with Crippen molar-refractivity contribution >= 4 is 15.2 Å². The molecule has 0 N–H and O–H groups in total. The second-order valence-electron chi connectivity index (χ2n) is 4.88. The van der Waals surface area contributed by atoms with Gasteiger partial charge in [-0.2, -0.15) is 0 Å². The zero-order valence-electron chi connectivity index (χ0n) is 11.7. The summed E-state index contributed by atoms with van der Waals surface area (Å²) in [7, 11) is -4.19. The molecule has 3 unspecified atom stereocenters. The first kappa shape index (κ1) is 16.4. The smallest absolute Gasteiger partial charge is 0.310 e. The van der Waals surface area contributed by atoms with Crippen molar-refractivity contribution < 1.29 is 27.2 Å². The van der Waals surface area contributed by atoms with Crippen LogP contribution in [-0.4, -0.2) is 31.3 Å². The molecule has 0 aliphatic carbocycles. The van der Waals surface area contributed by atoms with E-state index in [1.54, 1.807) is 27.7 Å². The highest BCUT2D eigenvalue weighted by atomic mass is 31.2. The fraction of sp³-hybridized carbons (Fsp3) is 1.00. The molecule has 0 aromatic heterocycles. The molecule has 0 spiro atoms. The van der Waals surface area contributed by atoms with E-state index in [4.69, 9.17) is 18.1 Å². The van der Waals surface area contributed by atoms with Crippen molar-refractivity contribution in [2.75, 3.05) is 14.2 Å². The largest absolute Gasteiger partial charge is 0.361 e. The predicted octanol–water partition coefficient (Wildman–Crippen LogP) is 3.62. The molecule has 1 saturated heterocycles. The maximum absolute atomic E-state index is 12.6. The molecule has 3 atom stereocenters. The summed E-state index contributed by atoms with van der Waals surface area (Å²) in [5.74, 6) is 0. The summed E-state index contributed by atoms with van der Waals surface area (Å²) in [6.07, 6.45) is 0.0702. The van der Waals surface area contributed by atoms with Crippen LogP contribution in [0.25, 0.3) is 0 Å². The molecule has 8 heteroatoms. The summed E-state index contributed by atoms with van der Waals surface area (Å²) in [6, 6.07) is 0. The van der Waals surface area contributed by atoms with Gasteiger partial charge in [0.15, 0.2) is 5.34 Å². The van der Waals surface area contributed by atoms with Gasteiger partial charge in [0.2, 0.25) is 0 Å². The molecule has 1 fully saturated rings. The van der Waals surface area contributed by atoms with Gasteiger partial charge in [-0.3, -0.25) is 13.7 Å². The van der Waals surface area contributed by atoms with E-state index in [1.807, 2.05) is 0 Å². The van der Waals surface area contributed by atoms with Crippen LogP contribution in [-0.2, 0) is 27.2 Å². The molecule has 0 aromatic carbocycles. The van der Waals surface area contributed by atoms with E-state index < -0.39 is 20.5 Å². The van der Waals surface area contributed by atoms with Gasteiger partial charge in [-0.25, -0.2) is 0 Å². The van der Waals surface area contributed by atoms with Gasteiger partial charge < -0.3 is 13.6 Å². The Bertz CT molecular complexity index is 388. The normalized spacial score (nSPS) is 37.4. The van der Waals surface area contributed by atoms with Gasteiger partial charge in [-0.1, -0.05) is 6.92 Å². The molecule has 0 amide bonds. The van der Waals surface area contributed by atoms with Gasteiger partial charge in [-0.15, -0.1) is 0 Å². The molecule has 1 heterocycles. The van der Waals surface area contributed by atoms with Gasteiger partial charge in [0.1, 0.15) is 0 Å². The predicted molar refractivity (Wildman–Crippen MR) is 69.0 cm³/mol. The van der Waals surface area contributed by atoms with Crippen molar-refractivity contribution in [3.05, 3.63) is 0 Å². The van der Waals surface area contributed by atoms with E-state index in [1.165, 1.54) is 14.2 Å². The lowest BCUT2D eigenvalue weighted by atomic mass is 10.2. The summed E-state index contributed by atoms with van der Waals surface area (Å²) in [4.78, 5) is 0. The number of rotatable bonds is 5. The van der Waals surface area contributed by atoms with E-state index >= 15 is 0 Å². The van der Waals surface area contributed by atoms with Crippen LogP contribution in [0.2, 0.25) is 0 Å². The quantitative estimate of drug-likeness (QED) is 0.722.